The maximum absolute atomic E-state index is 12.8. The van der Waals surface area contributed by atoms with Crippen LogP contribution in [0.4, 0.5) is 0 Å². The summed E-state index contributed by atoms with van der Waals surface area (Å²) in [5.41, 5.74) is -1.08. The Morgan fingerprint density at radius 2 is 2.11 bits per heavy atom. The second-order valence-electron chi connectivity index (χ2n) is 5.50. The van der Waals surface area contributed by atoms with Crippen LogP contribution in [0.3, 0.4) is 0 Å². The first-order chi connectivity index (χ1) is 13.0. The molecule has 0 saturated carbocycles. The predicted octanol–water partition coefficient (Wildman–Crippen LogP) is -1.02. The molecule has 3 heterocycles. The van der Waals surface area contributed by atoms with Gasteiger partial charge in [0.2, 0.25) is 0 Å². The van der Waals surface area contributed by atoms with Gasteiger partial charge in [0.05, 0.1) is 12.7 Å². The molecular weight excluding hydrogens is 362 g/mol. The number of aliphatic hydroxyl groups is 1. The van der Waals surface area contributed by atoms with E-state index in [0.717, 1.165) is 9.36 Å². The van der Waals surface area contributed by atoms with Gasteiger partial charge in [-0.2, -0.15) is 9.78 Å². The number of carbonyl (C=O) groups is 2. The first-order valence-corrected chi connectivity index (χ1v) is 8.07. The minimum absolute atomic E-state index is 0.00562. The molecule has 2 unspecified atom stereocenters. The molecule has 1 fully saturated rings. The molecule has 2 aromatic rings. The number of hydrogen-bond donors (Lipinski definition) is 1. The van der Waals surface area contributed by atoms with Crippen LogP contribution in [0.25, 0.3) is 11.0 Å². The number of aliphatic hydroxyl groups excluding tert-OH is 1. The van der Waals surface area contributed by atoms with Gasteiger partial charge in [0, 0.05) is 19.8 Å². The van der Waals surface area contributed by atoms with Crippen molar-refractivity contribution in [1.29, 1.82) is 0 Å². The van der Waals surface area contributed by atoms with Gasteiger partial charge in [0.25, 0.3) is 5.56 Å². The predicted molar refractivity (Wildman–Crippen MR) is 86.9 cm³/mol. The van der Waals surface area contributed by atoms with Crippen molar-refractivity contribution in [3.05, 3.63) is 28.9 Å². The molecule has 0 aromatic carbocycles. The largest absolute Gasteiger partial charge is 0.463 e. The molecule has 1 aliphatic rings. The van der Waals surface area contributed by atoms with Crippen LogP contribution < -0.4 is 5.56 Å². The minimum atomic E-state index is -0.886. The Hall–Kier alpha value is -2.86. The van der Waals surface area contributed by atoms with E-state index < -0.39 is 36.6 Å². The second kappa shape index (κ2) is 7.80. The molecule has 1 aliphatic heterocycles. The third-order valence-electron chi connectivity index (χ3n) is 3.68. The molecule has 1 saturated heterocycles. The summed E-state index contributed by atoms with van der Waals surface area (Å²) in [5.74, 6) is -1.23. The number of fused-ring (bicyclic) bond motifs is 1. The lowest BCUT2D eigenvalue weighted by Gasteiger charge is -2.14. The lowest BCUT2D eigenvalue weighted by atomic mass is 10.2. The normalized spacial score (nSPS) is 19.4. The van der Waals surface area contributed by atoms with Gasteiger partial charge in [-0.25, -0.2) is 9.48 Å². The highest BCUT2D eigenvalue weighted by atomic mass is 16.6. The third kappa shape index (κ3) is 3.66. The second-order valence-corrected chi connectivity index (χ2v) is 5.50. The Labute approximate surface area is 152 Å². The quantitative estimate of drug-likeness (QED) is 0.618. The Balaban J connectivity index is 1.93. The van der Waals surface area contributed by atoms with Crippen molar-refractivity contribution in [2.75, 3.05) is 13.2 Å². The highest BCUT2D eigenvalue weighted by molar-refractivity contribution is 5.99. The number of carbonyl (C=O) groups excluding carboxylic acids is 2. The summed E-state index contributed by atoms with van der Waals surface area (Å²) in [7, 11) is 0. The van der Waals surface area contributed by atoms with Crippen molar-refractivity contribution in [2.24, 2.45) is 0 Å². The number of ether oxygens (including phenoxy) is 3. The Bertz CT molecular complexity index is 921. The van der Waals surface area contributed by atoms with E-state index >= 15 is 0 Å². The van der Waals surface area contributed by atoms with E-state index in [0.29, 0.717) is 0 Å². The van der Waals surface area contributed by atoms with Gasteiger partial charge in [0.15, 0.2) is 23.0 Å². The number of nitrogens with zero attached hydrogens (tertiary/aromatic N) is 5. The fourth-order valence-corrected chi connectivity index (χ4v) is 2.53. The lowest BCUT2D eigenvalue weighted by Crippen LogP contribution is -2.30. The molecule has 2 aromatic heterocycles. The number of hydrogen-bond acceptors (Lipinski definition) is 10. The van der Waals surface area contributed by atoms with Crippen LogP contribution in [-0.2, 0) is 25.7 Å². The SMILES string of the molecule is CCOC(=O)c1nn(CO)c2c(=O)n(C3[CH][CH]C(COC(C)=O)O3)nnc12. The monoisotopic (exact) mass is 379 g/mol. The zero-order valence-electron chi connectivity index (χ0n) is 14.6. The molecule has 12 heteroatoms. The highest BCUT2D eigenvalue weighted by Gasteiger charge is 2.32. The first-order valence-electron chi connectivity index (χ1n) is 8.07. The molecule has 144 valence electrons. The standard InChI is InChI=1S/C15H17N5O7/c1-3-25-15(24)12-11-13(19(7-21)17-12)14(23)20(18-16-11)10-5-4-9(27-10)6-26-8(2)22/h4-5,9-10,21H,3,6-7H2,1-2H3. The molecular formula is C15H17N5O7. The van der Waals surface area contributed by atoms with Crippen molar-refractivity contribution in [2.45, 2.75) is 32.9 Å². The van der Waals surface area contributed by atoms with E-state index in [1.165, 1.54) is 6.92 Å². The molecule has 0 spiro atoms. The average Bonchev–Trinajstić information content (AvgIpc) is 3.25. The summed E-state index contributed by atoms with van der Waals surface area (Å²) in [5, 5.41) is 21.0. The third-order valence-corrected chi connectivity index (χ3v) is 3.68. The van der Waals surface area contributed by atoms with Gasteiger partial charge in [-0.05, 0) is 6.92 Å². The van der Waals surface area contributed by atoms with E-state index in [9.17, 15) is 19.5 Å². The number of esters is 2. The van der Waals surface area contributed by atoms with Crippen LogP contribution in [-0.4, -0.2) is 61.1 Å². The molecule has 12 nitrogen and oxygen atoms in total. The van der Waals surface area contributed by atoms with Crippen LogP contribution >= 0.6 is 0 Å². The van der Waals surface area contributed by atoms with Crippen LogP contribution in [0.5, 0.6) is 0 Å². The van der Waals surface area contributed by atoms with E-state index in [1.54, 1.807) is 19.8 Å². The molecule has 2 radical (unpaired) electrons. The van der Waals surface area contributed by atoms with Crippen molar-refractivity contribution >= 4 is 23.0 Å². The fourth-order valence-electron chi connectivity index (χ4n) is 2.53. The number of rotatable bonds is 6. The van der Waals surface area contributed by atoms with Crippen LogP contribution in [0.1, 0.15) is 30.6 Å². The van der Waals surface area contributed by atoms with Gasteiger partial charge in [-0.3, -0.25) is 9.59 Å². The van der Waals surface area contributed by atoms with Crippen molar-refractivity contribution in [1.82, 2.24) is 24.8 Å². The van der Waals surface area contributed by atoms with Gasteiger partial charge >= 0.3 is 11.9 Å². The summed E-state index contributed by atoms with van der Waals surface area (Å²) < 4.78 is 17.2. The first kappa shape index (κ1) is 18.9. The molecule has 3 rings (SSSR count). The van der Waals surface area contributed by atoms with E-state index in [2.05, 4.69) is 15.4 Å². The highest BCUT2D eigenvalue weighted by Crippen LogP contribution is 2.25. The van der Waals surface area contributed by atoms with Gasteiger partial charge < -0.3 is 19.3 Å². The molecule has 0 amide bonds. The lowest BCUT2D eigenvalue weighted by molar-refractivity contribution is -0.145. The molecule has 0 bridgehead atoms. The van der Waals surface area contributed by atoms with E-state index in [-0.39, 0.29) is 29.9 Å². The van der Waals surface area contributed by atoms with Gasteiger partial charge in [0.1, 0.15) is 13.3 Å². The van der Waals surface area contributed by atoms with Crippen LogP contribution in [0, 0.1) is 12.8 Å². The fraction of sp³-hybridized carbons (Fsp3) is 0.467. The summed E-state index contributed by atoms with van der Waals surface area (Å²) in [6.07, 6.45) is 1.76. The molecule has 2 atom stereocenters. The average molecular weight is 379 g/mol. The van der Waals surface area contributed by atoms with Crippen LogP contribution in [0.15, 0.2) is 4.79 Å². The summed E-state index contributed by atoms with van der Waals surface area (Å²) in [4.78, 5) is 35.7. The van der Waals surface area contributed by atoms with Crippen molar-refractivity contribution < 1.29 is 28.9 Å². The van der Waals surface area contributed by atoms with Crippen LogP contribution in [0.2, 0.25) is 0 Å². The molecule has 27 heavy (non-hydrogen) atoms. The molecule has 1 N–H and O–H groups in total. The Morgan fingerprint density at radius 1 is 1.33 bits per heavy atom. The van der Waals surface area contributed by atoms with Gasteiger partial charge in [-0.15, -0.1) is 5.10 Å². The molecule has 0 aliphatic carbocycles. The van der Waals surface area contributed by atoms with Crippen molar-refractivity contribution in [3.63, 3.8) is 0 Å². The van der Waals surface area contributed by atoms with E-state index in [4.69, 9.17) is 14.2 Å². The summed E-state index contributed by atoms with van der Waals surface area (Å²) in [6, 6.07) is 0. The Morgan fingerprint density at radius 3 is 2.78 bits per heavy atom. The topological polar surface area (TPSA) is 148 Å². The number of aromatic nitrogens is 5. The zero-order valence-corrected chi connectivity index (χ0v) is 14.6. The maximum atomic E-state index is 12.8. The Kier molecular flexibility index (Phi) is 5.46. The maximum Gasteiger partial charge on any atom is 0.361 e. The zero-order chi connectivity index (χ0) is 19.6. The minimum Gasteiger partial charge on any atom is -0.463 e. The van der Waals surface area contributed by atoms with Gasteiger partial charge in [-0.1, -0.05) is 5.21 Å². The summed E-state index contributed by atoms with van der Waals surface area (Å²) in [6.45, 7) is 2.36. The van der Waals surface area contributed by atoms with E-state index in [1.807, 2.05) is 0 Å². The summed E-state index contributed by atoms with van der Waals surface area (Å²) >= 11 is 0. The smallest absolute Gasteiger partial charge is 0.361 e. The van der Waals surface area contributed by atoms with Crippen molar-refractivity contribution in [3.8, 4) is 0 Å².